The Morgan fingerprint density at radius 1 is 1.35 bits per heavy atom. The number of nitrogens with zero attached hydrogens (tertiary/aromatic N) is 4. The van der Waals surface area contributed by atoms with E-state index >= 15 is 0 Å². The average Bonchev–Trinajstić information content (AvgIpc) is 2.59. The van der Waals surface area contributed by atoms with Crippen LogP contribution >= 0.6 is 0 Å². The quantitative estimate of drug-likeness (QED) is 0.863. The van der Waals surface area contributed by atoms with Gasteiger partial charge in [0.25, 0.3) is 0 Å². The van der Waals surface area contributed by atoms with Gasteiger partial charge in [0.2, 0.25) is 5.88 Å². The van der Waals surface area contributed by atoms with E-state index < -0.39 is 0 Å². The van der Waals surface area contributed by atoms with E-state index in [2.05, 4.69) is 15.1 Å². The van der Waals surface area contributed by atoms with Crippen LogP contribution in [0.4, 0.5) is 5.82 Å². The van der Waals surface area contributed by atoms with Crippen molar-refractivity contribution in [2.75, 3.05) is 12.3 Å². The Morgan fingerprint density at radius 3 is 2.71 bits per heavy atom. The fourth-order valence-electron chi connectivity index (χ4n) is 1.46. The third kappa shape index (κ3) is 2.35. The molecule has 2 aromatic heterocycles. The van der Waals surface area contributed by atoms with Crippen molar-refractivity contribution in [1.29, 1.82) is 0 Å². The number of rotatable bonds is 3. The molecule has 0 bridgehead atoms. The topological polar surface area (TPSA) is 78.9 Å². The first kappa shape index (κ1) is 11.4. The van der Waals surface area contributed by atoms with Crippen LogP contribution in [-0.4, -0.2) is 26.4 Å². The predicted molar refractivity (Wildman–Crippen MR) is 64.2 cm³/mol. The van der Waals surface area contributed by atoms with Crippen LogP contribution in [0.25, 0.3) is 5.82 Å². The van der Waals surface area contributed by atoms with Crippen LogP contribution in [0.2, 0.25) is 0 Å². The van der Waals surface area contributed by atoms with Gasteiger partial charge in [-0.2, -0.15) is 4.98 Å². The van der Waals surface area contributed by atoms with Crippen LogP contribution in [0.3, 0.4) is 0 Å². The summed E-state index contributed by atoms with van der Waals surface area (Å²) >= 11 is 0. The van der Waals surface area contributed by atoms with Crippen LogP contribution < -0.4 is 10.5 Å². The Balaban J connectivity index is 2.44. The molecular weight excluding hydrogens is 218 g/mol. The lowest BCUT2D eigenvalue weighted by atomic mass is 10.4. The first-order valence-corrected chi connectivity index (χ1v) is 5.40. The van der Waals surface area contributed by atoms with Crippen molar-refractivity contribution >= 4 is 5.82 Å². The van der Waals surface area contributed by atoms with Gasteiger partial charge in [-0.05, 0) is 20.8 Å². The Labute approximate surface area is 99.4 Å². The fourth-order valence-corrected chi connectivity index (χ4v) is 1.46. The van der Waals surface area contributed by atoms with Crippen LogP contribution in [0, 0.1) is 13.8 Å². The molecule has 17 heavy (non-hydrogen) atoms. The van der Waals surface area contributed by atoms with Gasteiger partial charge in [0.05, 0.1) is 6.61 Å². The number of aromatic nitrogens is 4. The molecule has 0 saturated carbocycles. The molecule has 0 aliphatic heterocycles. The van der Waals surface area contributed by atoms with E-state index in [0.29, 0.717) is 29.9 Å². The molecule has 0 atom stereocenters. The van der Waals surface area contributed by atoms with E-state index in [1.165, 1.54) is 0 Å². The molecule has 0 spiro atoms. The van der Waals surface area contributed by atoms with Gasteiger partial charge in [-0.25, -0.2) is 9.67 Å². The Hall–Kier alpha value is -2.11. The van der Waals surface area contributed by atoms with Gasteiger partial charge in [-0.3, -0.25) is 0 Å². The lowest BCUT2D eigenvalue weighted by Crippen LogP contribution is -2.04. The third-order valence-corrected chi connectivity index (χ3v) is 2.26. The van der Waals surface area contributed by atoms with E-state index in [-0.39, 0.29) is 0 Å². The van der Waals surface area contributed by atoms with Crippen molar-refractivity contribution in [2.45, 2.75) is 20.8 Å². The molecule has 2 aromatic rings. The third-order valence-electron chi connectivity index (χ3n) is 2.26. The smallest absolute Gasteiger partial charge is 0.218 e. The molecule has 2 N–H and O–H groups in total. The van der Waals surface area contributed by atoms with Crippen molar-refractivity contribution in [3.63, 3.8) is 0 Å². The number of anilines is 1. The lowest BCUT2D eigenvalue weighted by Gasteiger charge is -2.06. The first-order chi connectivity index (χ1) is 8.10. The fraction of sp³-hybridized carbons (Fsp3) is 0.364. The zero-order valence-corrected chi connectivity index (χ0v) is 10.1. The average molecular weight is 233 g/mol. The summed E-state index contributed by atoms with van der Waals surface area (Å²) in [5, 5.41) is 4.17. The SMILES string of the molecule is CCOc1cc(-n2cc(C)c(N)n2)nc(C)n1. The lowest BCUT2D eigenvalue weighted by molar-refractivity contribution is 0.325. The van der Waals surface area contributed by atoms with Crippen molar-refractivity contribution in [3.8, 4) is 11.7 Å². The second-order valence-electron chi connectivity index (χ2n) is 3.69. The molecule has 0 unspecified atom stereocenters. The van der Waals surface area contributed by atoms with Crippen LogP contribution in [0.1, 0.15) is 18.3 Å². The number of hydrogen-bond donors (Lipinski definition) is 1. The van der Waals surface area contributed by atoms with Crippen LogP contribution in [0.15, 0.2) is 12.3 Å². The van der Waals surface area contributed by atoms with Gasteiger partial charge in [0.1, 0.15) is 11.6 Å². The number of nitrogens with two attached hydrogens (primary N) is 1. The van der Waals surface area contributed by atoms with Gasteiger partial charge in [0.15, 0.2) is 5.82 Å². The second-order valence-corrected chi connectivity index (χ2v) is 3.69. The Bertz CT molecular complexity index is 515. The summed E-state index contributed by atoms with van der Waals surface area (Å²) in [4.78, 5) is 8.47. The molecule has 2 heterocycles. The van der Waals surface area contributed by atoms with Crippen molar-refractivity contribution in [1.82, 2.24) is 19.7 Å². The number of aryl methyl sites for hydroxylation is 2. The maximum Gasteiger partial charge on any atom is 0.218 e. The maximum absolute atomic E-state index is 5.71. The van der Waals surface area contributed by atoms with E-state index in [0.717, 1.165) is 5.56 Å². The molecule has 90 valence electrons. The van der Waals surface area contributed by atoms with Crippen molar-refractivity contribution in [2.24, 2.45) is 0 Å². The van der Waals surface area contributed by atoms with Crippen molar-refractivity contribution < 1.29 is 4.74 Å². The normalized spacial score (nSPS) is 10.5. The number of hydrogen-bond acceptors (Lipinski definition) is 5. The molecular formula is C11H15N5O. The van der Waals surface area contributed by atoms with Gasteiger partial charge in [-0.15, -0.1) is 5.10 Å². The van der Waals surface area contributed by atoms with E-state index in [1.54, 1.807) is 10.7 Å². The minimum Gasteiger partial charge on any atom is -0.478 e. The summed E-state index contributed by atoms with van der Waals surface area (Å²) in [6.45, 7) is 6.19. The largest absolute Gasteiger partial charge is 0.478 e. The summed E-state index contributed by atoms with van der Waals surface area (Å²) in [6.07, 6.45) is 1.83. The molecule has 0 aliphatic carbocycles. The summed E-state index contributed by atoms with van der Waals surface area (Å²) in [5.41, 5.74) is 6.62. The van der Waals surface area contributed by atoms with Crippen molar-refractivity contribution in [3.05, 3.63) is 23.7 Å². The zero-order chi connectivity index (χ0) is 12.4. The summed E-state index contributed by atoms with van der Waals surface area (Å²) in [7, 11) is 0. The zero-order valence-electron chi connectivity index (χ0n) is 10.1. The highest BCUT2D eigenvalue weighted by atomic mass is 16.5. The van der Waals surface area contributed by atoms with E-state index in [4.69, 9.17) is 10.5 Å². The molecule has 2 rings (SSSR count). The van der Waals surface area contributed by atoms with Gasteiger partial charge in [-0.1, -0.05) is 0 Å². The summed E-state index contributed by atoms with van der Waals surface area (Å²) in [6, 6.07) is 1.74. The van der Waals surface area contributed by atoms with Crippen LogP contribution in [0.5, 0.6) is 5.88 Å². The highest BCUT2D eigenvalue weighted by molar-refractivity contribution is 5.39. The first-order valence-electron chi connectivity index (χ1n) is 5.40. The molecule has 0 aromatic carbocycles. The molecule has 6 nitrogen and oxygen atoms in total. The standard InChI is InChI=1S/C11H15N5O/c1-4-17-10-5-9(13-8(3)14-10)16-6-7(2)11(12)15-16/h5-6H,4H2,1-3H3,(H2,12,15). The number of ether oxygens (including phenoxy) is 1. The molecule has 0 radical (unpaired) electrons. The Morgan fingerprint density at radius 2 is 2.12 bits per heavy atom. The highest BCUT2D eigenvalue weighted by Crippen LogP contribution is 2.15. The van der Waals surface area contributed by atoms with E-state index in [9.17, 15) is 0 Å². The minimum absolute atomic E-state index is 0.499. The molecule has 0 saturated heterocycles. The molecule has 0 aliphatic rings. The van der Waals surface area contributed by atoms with E-state index in [1.807, 2.05) is 27.0 Å². The maximum atomic E-state index is 5.71. The van der Waals surface area contributed by atoms with Gasteiger partial charge in [0, 0.05) is 17.8 Å². The van der Waals surface area contributed by atoms with Gasteiger partial charge >= 0.3 is 0 Å². The summed E-state index contributed by atoms with van der Waals surface area (Å²) in [5.74, 6) is 2.33. The summed E-state index contributed by atoms with van der Waals surface area (Å²) < 4.78 is 6.99. The second kappa shape index (κ2) is 4.40. The molecule has 6 heteroatoms. The molecule has 0 amide bonds. The Kier molecular flexibility index (Phi) is 2.95. The monoisotopic (exact) mass is 233 g/mol. The predicted octanol–water partition coefficient (Wildman–Crippen LogP) is 1.26. The minimum atomic E-state index is 0.499. The molecule has 0 fully saturated rings. The number of nitrogen functional groups attached to an aromatic ring is 1. The highest BCUT2D eigenvalue weighted by Gasteiger charge is 2.07. The van der Waals surface area contributed by atoms with Gasteiger partial charge < -0.3 is 10.5 Å². The van der Waals surface area contributed by atoms with Crippen LogP contribution in [-0.2, 0) is 0 Å².